The van der Waals surface area contributed by atoms with E-state index in [0.717, 1.165) is 40.6 Å². The Kier molecular flexibility index (Phi) is 3.87. The maximum atomic E-state index is 12.9. The molecule has 0 radical (unpaired) electrons. The number of anilines is 1. The minimum Gasteiger partial charge on any atom is -0.351 e. The summed E-state index contributed by atoms with van der Waals surface area (Å²) in [5.41, 5.74) is 4.31. The fraction of sp³-hybridized carbons (Fsp3) is 0.238. The van der Waals surface area contributed by atoms with Crippen LogP contribution in [0.3, 0.4) is 0 Å². The fourth-order valence-corrected chi connectivity index (χ4v) is 3.93. The van der Waals surface area contributed by atoms with Gasteiger partial charge in [0.05, 0.1) is 17.6 Å². The number of pyridine rings is 1. The summed E-state index contributed by atoms with van der Waals surface area (Å²) in [7, 11) is 1.84. The number of amides is 2. The highest BCUT2D eigenvalue weighted by Crippen LogP contribution is 2.24. The van der Waals surface area contributed by atoms with E-state index in [-0.39, 0.29) is 11.8 Å². The minimum atomic E-state index is -0.219. The van der Waals surface area contributed by atoms with Gasteiger partial charge in [-0.3, -0.25) is 14.3 Å². The second-order valence-electron chi connectivity index (χ2n) is 7.32. The van der Waals surface area contributed by atoms with Crippen LogP contribution in [0.5, 0.6) is 0 Å². The lowest BCUT2D eigenvalue weighted by molar-refractivity contribution is 0.0950. The van der Waals surface area contributed by atoms with Crippen LogP contribution in [0.25, 0.3) is 21.9 Å². The Morgan fingerprint density at radius 1 is 1.24 bits per heavy atom. The van der Waals surface area contributed by atoms with E-state index in [4.69, 9.17) is 0 Å². The molecule has 3 aromatic heterocycles. The lowest BCUT2D eigenvalue weighted by atomic mass is 10.1. The van der Waals surface area contributed by atoms with E-state index in [1.54, 1.807) is 16.9 Å². The summed E-state index contributed by atoms with van der Waals surface area (Å²) in [5, 5.41) is 12.0. The molecular weight excluding hydrogens is 368 g/mol. The summed E-state index contributed by atoms with van der Waals surface area (Å²) in [6.07, 6.45) is 2.49. The van der Waals surface area contributed by atoms with Crippen LogP contribution in [-0.4, -0.2) is 37.7 Å². The zero-order valence-electron chi connectivity index (χ0n) is 16.2. The van der Waals surface area contributed by atoms with Gasteiger partial charge in [-0.05, 0) is 37.6 Å². The van der Waals surface area contributed by atoms with Crippen molar-refractivity contribution in [2.75, 3.05) is 11.9 Å². The average molecular weight is 388 g/mol. The van der Waals surface area contributed by atoms with Crippen LogP contribution in [-0.2, 0) is 13.6 Å². The monoisotopic (exact) mass is 388 g/mol. The number of hydrogen-bond donors (Lipinski definition) is 2. The van der Waals surface area contributed by atoms with Crippen molar-refractivity contribution in [1.29, 1.82) is 0 Å². The summed E-state index contributed by atoms with van der Waals surface area (Å²) in [4.78, 5) is 29.5. The predicted octanol–water partition coefficient (Wildman–Crippen LogP) is 2.62. The number of nitrogens with zero attached hydrogens (tertiary/aromatic N) is 4. The zero-order valence-corrected chi connectivity index (χ0v) is 16.2. The number of carbonyl (C=O) groups is 2. The largest absolute Gasteiger partial charge is 0.351 e. The molecule has 8 heteroatoms. The SMILES string of the molecule is Cc1nn(C)c2ncc(NC(=O)c3ccc4cc5n(c4c3)CCCNC5=O)cc12. The van der Waals surface area contributed by atoms with E-state index < -0.39 is 0 Å². The number of aryl methyl sites for hydroxylation is 3. The Morgan fingerprint density at radius 2 is 2.10 bits per heavy atom. The first kappa shape index (κ1) is 17.4. The second kappa shape index (κ2) is 6.44. The number of nitrogens with one attached hydrogen (secondary N) is 2. The molecule has 1 aromatic carbocycles. The molecule has 8 nitrogen and oxygen atoms in total. The maximum absolute atomic E-state index is 12.9. The molecule has 4 heterocycles. The molecule has 146 valence electrons. The molecule has 0 aliphatic carbocycles. The Morgan fingerprint density at radius 3 is 2.97 bits per heavy atom. The number of hydrogen-bond acceptors (Lipinski definition) is 4. The summed E-state index contributed by atoms with van der Waals surface area (Å²) >= 11 is 0. The normalized spacial score (nSPS) is 13.9. The Bertz CT molecular complexity index is 1300. The van der Waals surface area contributed by atoms with Crippen molar-refractivity contribution in [2.45, 2.75) is 19.9 Å². The molecule has 2 N–H and O–H groups in total. The number of aromatic nitrogens is 4. The van der Waals surface area contributed by atoms with Crippen LogP contribution < -0.4 is 10.6 Å². The van der Waals surface area contributed by atoms with E-state index in [0.29, 0.717) is 23.5 Å². The number of benzene rings is 1. The third kappa shape index (κ3) is 2.84. The molecule has 0 atom stereocenters. The summed E-state index contributed by atoms with van der Waals surface area (Å²) in [5.74, 6) is -0.292. The highest BCUT2D eigenvalue weighted by atomic mass is 16.2. The molecular formula is C21H20N6O2. The molecule has 1 aliphatic heterocycles. The zero-order chi connectivity index (χ0) is 20.1. The molecule has 2 amide bonds. The van der Waals surface area contributed by atoms with Crippen LogP contribution in [0.15, 0.2) is 36.5 Å². The van der Waals surface area contributed by atoms with Crippen molar-refractivity contribution in [2.24, 2.45) is 7.05 Å². The number of carbonyl (C=O) groups excluding carboxylic acids is 2. The van der Waals surface area contributed by atoms with E-state index in [9.17, 15) is 9.59 Å². The maximum Gasteiger partial charge on any atom is 0.267 e. The van der Waals surface area contributed by atoms with Gasteiger partial charge in [0, 0.05) is 42.0 Å². The van der Waals surface area contributed by atoms with Gasteiger partial charge in [0.1, 0.15) is 5.69 Å². The number of rotatable bonds is 2. The first-order valence-corrected chi connectivity index (χ1v) is 9.53. The third-order valence-corrected chi connectivity index (χ3v) is 5.36. The summed E-state index contributed by atoms with van der Waals surface area (Å²) < 4.78 is 3.71. The molecule has 0 saturated carbocycles. The Hall–Kier alpha value is -3.68. The second-order valence-corrected chi connectivity index (χ2v) is 7.32. The number of fused-ring (bicyclic) bond motifs is 4. The standard InChI is InChI=1S/C21H20N6O2/c1-12-16-10-15(11-23-19(16)26(2)25-12)24-20(28)14-5-4-13-8-18-21(29)22-6-3-7-27(18)17(13)9-14/h4-5,8-11H,3,6-7H2,1-2H3,(H,22,29)(H,24,28). The smallest absolute Gasteiger partial charge is 0.267 e. The van der Waals surface area contributed by atoms with Crippen LogP contribution in [0.2, 0.25) is 0 Å². The van der Waals surface area contributed by atoms with Crippen molar-refractivity contribution < 1.29 is 9.59 Å². The van der Waals surface area contributed by atoms with Gasteiger partial charge >= 0.3 is 0 Å². The fourth-order valence-electron chi connectivity index (χ4n) is 3.93. The molecule has 1 aliphatic rings. The lowest BCUT2D eigenvalue weighted by Crippen LogP contribution is -2.22. The lowest BCUT2D eigenvalue weighted by Gasteiger charge is -2.08. The van der Waals surface area contributed by atoms with E-state index in [1.807, 2.05) is 42.8 Å². The molecule has 0 bridgehead atoms. The molecule has 29 heavy (non-hydrogen) atoms. The van der Waals surface area contributed by atoms with Crippen LogP contribution >= 0.6 is 0 Å². The first-order valence-electron chi connectivity index (χ1n) is 9.53. The molecule has 0 fully saturated rings. The molecule has 0 spiro atoms. The van der Waals surface area contributed by atoms with Crippen LogP contribution in [0.4, 0.5) is 5.69 Å². The quantitative estimate of drug-likeness (QED) is 0.552. The van der Waals surface area contributed by atoms with Gasteiger partial charge in [0.25, 0.3) is 11.8 Å². The predicted molar refractivity (Wildman–Crippen MR) is 110 cm³/mol. The van der Waals surface area contributed by atoms with Crippen molar-refractivity contribution in [3.8, 4) is 0 Å². The third-order valence-electron chi connectivity index (χ3n) is 5.36. The van der Waals surface area contributed by atoms with Crippen molar-refractivity contribution in [3.63, 3.8) is 0 Å². The van der Waals surface area contributed by atoms with Crippen LogP contribution in [0.1, 0.15) is 33.0 Å². The van der Waals surface area contributed by atoms with Gasteiger partial charge in [0.2, 0.25) is 0 Å². The molecule has 4 aromatic rings. The average Bonchev–Trinajstić information content (AvgIpc) is 3.14. The van der Waals surface area contributed by atoms with Crippen molar-refractivity contribution in [3.05, 3.63) is 53.5 Å². The van der Waals surface area contributed by atoms with Gasteiger partial charge in [-0.25, -0.2) is 4.98 Å². The molecule has 0 saturated heterocycles. The topological polar surface area (TPSA) is 93.8 Å². The molecule has 5 rings (SSSR count). The highest BCUT2D eigenvalue weighted by molar-refractivity contribution is 6.07. The van der Waals surface area contributed by atoms with Crippen LogP contribution in [0, 0.1) is 6.92 Å². The Labute approximate surface area is 166 Å². The highest BCUT2D eigenvalue weighted by Gasteiger charge is 2.19. The first-order chi connectivity index (χ1) is 14.0. The van der Waals surface area contributed by atoms with E-state index in [1.165, 1.54) is 0 Å². The van der Waals surface area contributed by atoms with Gasteiger partial charge < -0.3 is 15.2 Å². The van der Waals surface area contributed by atoms with Gasteiger partial charge in [-0.2, -0.15) is 5.10 Å². The van der Waals surface area contributed by atoms with Crippen molar-refractivity contribution >= 4 is 39.4 Å². The van der Waals surface area contributed by atoms with Gasteiger partial charge in [-0.1, -0.05) is 6.07 Å². The van der Waals surface area contributed by atoms with Gasteiger partial charge in [0.15, 0.2) is 5.65 Å². The van der Waals surface area contributed by atoms with E-state index in [2.05, 4.69) is 20.7 Å². The summed E-state index contributed by atoms with van der Waals surface area (Å²) in [6, 6.07) is 9.26. The van der Waals surface area contributed by atoms with Crippen molar-refractivity contribution in [1.82, 2.24) is 24.6 Å². The van der Waals surface area contributed by atoms with E-state index >= 15 is 0 Å². The molecule has 0 unspecified atom stereocenters. The minimum absolute atomic E-state index is 0.0732. The van der Waals surface area contributed by atoms with Gasteiger partial charge in [-0.15, -0.1) is 0 Å². The summed E-state index contributed by atoms with van der Waals surface area (Å²) in [6.45, 7) is 3.31. The Balaban J connectivity index is 1.49.